The van der Waals surface area contributed by atoms with E-state index in [0.29, 0.717) is 18.0 Å². The molecule has 2 aromatic heterocycles. The number of nitrogens with one attached hydrogen (secondary N) is 1. The lowest BCUT2D eigenvalue weighted by molar-refractivity contribution is -0.127. The van der Waals surface area contributed by atoms with Gasteiger partial charge in [0.1, 0.15) is 10.9 Å². The fourth-order valence-corrected chi connectivity index (χ4v) is 3.59. The standard InChI is InChI=1S/C13H16N4O2S/c1-7-9-6-10(20-13(9)16(3)15-7)12(19)17-5-4-14-11(18)8(17)2/h6,8H,4-5H2,1-3H3,(H,14,18). The SMILES string of the molecule is Cc1nn(C)c2sc(C(=O)N3CCNC(=O)C3C)cc12. The maximum Gasteiger partial charge on any atom is 0.264 e. The molecule has 0 aliphatic carbocycles. The van der Waals surface area contributed by atoms with Crippen molar-refractivity contribution in [1.29, 1.82) is 0 Å². The van der Waals surface area contributed by atoms with Gasteiger partial charge in [-0.25, -0.2) is 0 Å². The predicted octanol–water partition coefficient (Wildman–Crippen LogP) is 0.904. The van der Waals surface area contributed by atoms with Crippen molar-refractivity contribution in [3.63, 3.8) is 0 Å². The number of carbonyl (C=O) groups excluding carboxylic acids is 2. The highest BCUT2D eigenvalue weighted by Gasteiger charge is 2.31. The van der Waals surface area contributed by atoms with Crippen molar-refractivity contribution in [2.75, 3.05) is 13.1 Å². The summed E-state index contributed by atoms with van der Waals surface area (Å²) < 4.78 is 1.79. The summed E-state index contributed by atoms with van der Waals surface area (Å²) in [6, 6.07) is 1.46. The fourth-order valence-electron chi connectivity index (χ4n) is 2.51. The summed E-state index contributed by atoms with van der Waals surface area (Å²) in [6.45, 7) is 4.75. The van der Waals surface area contributed by atoms with Gasteiger partial charge < -0.3 is 10.2 Å². The van der Waals surface area contributed by atoms with E-state index in [-0.39, 0.29) is 11.8 Å². The van der Waals surface area contributed by atoms with Crippen LogP contribution in [0.2, 0.25) is 0 Å². The molecule has 2 amide bonds. The lowest BCUT2D eigenvalue weighted by Gasteiger charge is -2.32. The maximum atomic E-state index is 12.6. The maximum absolute atomic E-state index is 12.6. The first-order valence-corrected chi connectivity index (χ1v) is 7.32. The highest BCUT2D eigenvalue weighted by atomic mass is 32.1. The van der Waals surface area contributed by atoms with Gasteiger partial charge in [-0.15, -0.1) is 11.3 Å². The number of hydrogen-bond donors (Lipinski definition) is 1. The Morgan fingerprint density at radius 3 is 3.00 bits per heavy atom. The Morgan fingerprint density at radius 2 is 2.30 bits per heavy atom. The second kappa shape index (κ2) is 4.59. The molecule has 0 aromatic carbocycles. The van der Waals surface area contributed by atoms with E-state index < -0.39 is 6.04 Å². The summed E-state index contributed by atoms with van der Waals surface area (Å²) in [5.74, 6) is -0.170. The van der Waals surface area contributed by atoms with E-state index in [1.807, 2.05) is 20.0 Å². The Kier molecular flexibility index (Phi) is 3.01. The zero-order valence-corrected chi connectivity index (χ0v) is 12.5. The van der Waals surface area contributed by atoms with Crippen LogP contribution in [-0.4, -0.2) is 45.6 Å². The van der Waals surface area contributed by atoms with Crippen LogP contribution in [0.3, 0.4) is 0 Å². The quantitative estimate of drug-likeness (QED) is 0.849. The number of fused-ring (bicyclic) bond motifs is 1. The summed E-state index contributed by atoms with van der Waals surface area (Å²) in [5.41, 5.74) is 0.919. The van der Waals surface area contributed by atoms with Crippen molar-refractivity contribution in [2.24, 2.45) is 7.05 Å². The zero-order valence-electron chi connectivity index (χ0n) is 11.6. The molecule has 3 rings (SSSR count). The smallest absolute Gasteiger partial charge is 0.264 e. The van der Waals surface area contributed by atoms with Crippen LogP contribution in [0.25, 0.3) is 10.2 Å². The van der Waals surface area contributed by atoms with Gasteiger partial charge in [-0.05, 0) is 19.9 Å². The predicted molar refractivity (Wildman–Crippen MR) is 76.8 cm³/mol. The van der Waals surface area contributed by atoms with Crippen LogP contribution in [-0.2, 0) is 11.8 Å². The van der Waals surface area contributed by atoms with Gasteiger partial charge in [0.05, 0.1) is 10.6 Å². The molecule has 0 bridgehead atoms. The van der Waals surface area contributed by atoms with Crippen LogP contribution >= 0.6 is 11.3 Å². The summed E-state index contributed by atoms with van der Waals surface area (Å²) >= 11 is 1.43. The van der Waals surface area contributed by atoms with E-state index in [1.54, 1.807) is 16.5 Å². The number of nitrogens with zero attached hydrogens (tertiary/aromatic N) is 3. The molecule has 3 heterocycles. The molecule has 1 aliphatic heterocycles. The van der Waals surface area contributed by atoms with Gasteiger partial charge in [0.2, 0.25) is 5.91 Å². The van der Waals surface area contributed by atoms with Crippen molar-refractivity contribution >= 4 is 33.4 Å². The molecule has 7 heteroatoms. The van der Waals surface area contributed by atoms with Crippen LogP contribution in [0.5, 0.6) is 0 Å². The summed E-state index contributed by atoms with van der Waals surface area (Å²) in [5, 5.41) is 8.10. The number of hydrogen-bond acceptors (Lipinski definition) is 4. The Morgan fingerprint density at radius 1 is 1.55 bits per heavy atom. The third kappa shape index (κ3) is 1.89. The Hall–Kier alpha value is -1.89. The first-order chi connectivity index (χ1) is 9.49. The average molecular weight is 292 g/mol. The van der Waals surface area contributed by atoms with Gasteiger partial charge in [-0.1, -0.05) is 0 Å². The number of amides is 2. The Bertz CT molecular complexity index is 668. The van der Waals surface area contributed by atoms with Crippen LogP contribution in [0, 0.1) is 6.92 Å². The fraction of sp³-hybridized carbons (Fsp3) is 0.462. The number of thiophene rings is 1. The number of rotatable bonds is 1. The molecule has 0 radical (unpaired) electrons. The van der Waals surface area contributed by atoms with Crippen LogP contribution in [0.15, 0.2) is 6.07 Å². The van der Waals surface area contributed by atoms with Crippen LogP contribution < -0.4 is 5.32 Å². The van der Waals surface area contributed by atoms with Crippen molar-refractivity contribution in [3.05, 3.63) is 16.6 Å². The minimum absolute atomic E-state index is 0.0760. The van der Waals surface area contributed by atoms with Gasteiger partial charge in [0.15, 0.2) is 0 Å². The van der Waals surface area contributed by atoms with E-state index in [2.05, 4.69) is 10.4 Å². The highest BCUT2D eigenvalue weighted by Crippen LogP contribution is 2.29. The lowest BCUT2D eigenvalue weighted by atomic mass is 10.2. The van der Waals surface area contributed by atoms with Crippen molar-refractivity contribution in [3.8, 4) is 0 Å². The monoisotopic (exact) mass is 292 g/mol. The van der Waals surface area contributed by atoms with Gasteiger partial charge in [-0.2, -0.15) is 5.10 Å². The molecule has 1 aliphatic rings. The van der Waals surface area contributed by atoms with Crippen molar-refractivity contribution in [1.82, 2.24) is 20.0 Å². The molecule has 1 saturated heterocycles. The van der Waals surface area contributed by atoms with E-state index in [4.69, 9.17) is 0 Å². The molecule has 6 nitrogen and oxygen atoms in total. The Balaban J connectivity index is 1.96. The number of aryl methyl sites for hydroxylation is 2. The number of carbonyl (C=O) groups is 2. The number of aromatic nitrogens is 2. The van der Waals surface area contributed by atoms with E-state index in [9.17, 15) is 9.59 Å². The molecular formula is C13H16N4O2S. The van der Waals surface area contributed by atoms with E-state index >= 15 is 0 Å². The molecule has 1 atom stereocenters. The summed E-state index contributed by atoms with van der Waals surface area (Å²) in [4.78, 5) is 27.5. The Labute approximate surface area is 120 Å². The topological polar surface area (TPSA) is 67.2 Å². The third-order valence-electron chi connectivity index (χ3n) is 3.67. The largest absolute Gasteiger partial charge is 0.353 e. The molecule has 106 valence electrons. The van der Waals surface area contributed by atoms with Gasteiger partial charge >= 0.3 is 0 Å². The van der Waals surface area contributed by atoms with Gasteiger partial charge in [-0.3, -0.25) is 14.3 Å². The van der Waals surface area contributed by atoms with Crippen LogP contribution in [0.1, 0.15) is 22.3 Å². The average Bonchev–Trinajstić information content (AvgIpc) is 2.95. The summed E-state index contributed by atoms with van der Waals surface area (Å²) in [7, 11) is 1.87. The molecule has 0 spiro atoms. The normalized spacial score (nSPS) is 19.4. The zero-order chi connectivity index (χ0) is 14.4. The lowest BCUT2D eigenvalue weighted by Crippen LogP contribution is -2.55. The highest BCUT2D eigenvalue weighted by molar-refractivity contribution is 7.20. The molecular weight excluding hydrogens is 276 g/mol. The van der Waals surface area contributed by atoms with E-state index in [1.165, 1.54) is 11.3 Å². The van der Waals surface area contributed by atoms with Gasteiger partial charge in [0.25, 0.3) is 5.91 Å². The van der Waals surface area contributed by atoms with E-state index in [0.717, 1.165) is 15.9 Å². The second-order valence-corrected chi connectivity index (χ2v) is 6.03. The first-order valence-electron chi connectivity index (χ1n) is 6.51. The molecule has 20 heavy (non-hydrogen) atoms. The molecule has 1 unspecified atom stereocenters. The van der Waals surface area contributed by atoms with Gasteiger partial charge in [0, 0.05) is 25.5 Å². The minimum atomic E-state index is -0.416. The number of piperazine rings is 1. The molecule has 1 N–H and O–H groups in total. The van der Waals surface area contributed by atoms with Crippen molar-refractivity contribution < 1.29 is 9.59 Å². The van der Waals surface area contributed by atoms with Crippen LogP contribution in [0.4, 0.5) is 0 Å². The van der Waals surface area contributed by atoms with Crippen molar-refractivity contribution in [2.45, 2.75) is 19.9 Å². The first kappa shape index (κ1) is 13.1. The minimum Gasteiger partial charge on any atom is -0.353 e. The molecule has 2 aromatic rings. The molecule has 1 fully saturated rings. The summed E-state index contributed by atoms with van der Waals surface area (Å²) in [6.07, 6.45) is 0. The second-order valence-electron chi connectivity index (χ2n) is 5.00. The third-order valence-corrected chi connectivity index (χ3v) is 4.86. The molecule has 0 saturated carbocycles.